The standard InChI is InChI=1S/C10H15N3O/c1-11-9-8(3-2-5-13-9)10(14)4-6-12-7-10/h2-3,5,12,14H,4,6-7H2,1H3,(H,11,13). The van der Waals surface area contributed by atoms with Crippen LogP contribution >= 0.6 is 0 Å². The lowest BCUT2D eigenvalue weighted by atomic mass is 9.93. The van der Waals surface area contributed by atoms with Crippen LogP contribution < -0.4 is 10.6 Å². The van der Waals surface area contributed by atoms with Crippen molar-refractivity contribution in [3.8, 4) is 0 Å². The third-order valence-electron chi connectivity index (χ3n) is 2.68. The molecule has 1 aromatic heterocycles. The van der Waals surface area contributed by atoms with Gasteiger partial charge in [0, 0.05) is 25.4 Å². The Morgan fingerprint density at radius 1 is 1.64 bits per heavy atom. The van der Waals surface area contributed by atoms with E-state index in [1.165, 1.54) is 0 Å². The Morgan fingerprint density at radius 3 is 3.14 bits per heavy atom. The first-order valence-electron chi connectivity index (χ1n) is 4.82. The highest BCUT2D eigenvalue weighted by Crippen LogP contribution is 2.31. The van der Waals surface area contributed by atoms with Gasteiger partial charge in [0.2, 0.25) is 0 Å². The molecule has 1 unspecified atom stereocenters. The van der Waals surface area contributed by atoms with Crippen LogP contribution in [0.4, 0.5) is 5.82 Å². The monoisotopic (exact) mass is 193 g/mol. The summed E-state index contributed by atoms with van der Waals surface area (Å²) in [5, 5.41) is 16.5. The first-order valence-corrected chi connectivity index (χ1v) is 4.82. The van der Waals surface area contributed by atoms with Gasteiger partial charge in [-0.15, -0.1) is 0 Å². The molecule has 1 saturated heterocycles. The second-order valence-corrected chi connectivity index (χ2v) is 3.61. The van der Waals surface area contributed by atoms with Gasteiger partial charge in [-0.1, -0.05) is 6.07 Å². The van der Waals surface area contributed by atoms with E-state index in [9.17, 15) is 5.11 Å². The van der Waals surface area contributed by atoms with Gasteiger partial charge in [0.05, 0.1) is 0 Å². The van der Waals surface area contributed by atoms with Crippen molar-refractivity contribution in [2.45, 2.75) is 12.0 Å². The summed E-state index contributed by atoms with van der Waals surface area (Å²) in [4.78, 5) is 4.19. The van der Waals surface area contributed by atoms with Crippen LogP contribution in [0.3, 0.4) is 0 Å². The Morgan fingerprint density at radius 2 is 2.50 bits per heavy atom. The molecule has 1 aliphatic rings. The molecule has 76 valence electrons. The number of aromatic nitrogens is 1. The fourth-order valence-electron chi connectivity index (χ4n) is 1.89. The average Bonchev–Trinajstić information content (AvgIpc) is 2.66. The zero-order valence-electron chi connectivity index (χ0n) is 8.25. The van der Waals surface area contributed by atoms with Gasteiger partial charge < -0.3 is 15.7 Å². The second kappa shape index (κ2) is 3.55. The Kier molecular flexibility index (Phi) is 2.39. The summed E-state index contributed by atoms with van der Waals surface area (Å²) in [7, 11) is 1.82. The highest BCUT2D eigenvalue weighted by Gasteiger charge is 2.35. The van der Waals surface area contributed by atoms with Gasteiger partial charge in [0.25, 0.3) is 0 Å². The molecule has 0 spiro atoms. The van der Waals surface area contributed by atoms with E-state index in [2.05, 4.69) is 15.6 Å². The largest absolute Gasteiger partial charge is 0.384 e. The summed E-state index contributed by atoms with van der Waals surface area (Å²) in [6, 6.07) is 3.78. The van der Waals surface area contributed by atoms with Gasteiger partial charge in [-0.2, -0.15) is 0 Å². The first kappa shape index (κ1) is 9.43. The quantitative estimate of drug-likeness (QED) is 0.632. The smallest absolute Gasteiger partial charge is 0.131 e. The summed E-state index contributed by atoms with van der Waals surface area (Å²) in [6.45, 7) is 1.46. The van der Waals surface area contributed by atoms with Crippen LogP contribution in [0.25, 0.3) is 0 Å². The molecule has 0 aliphatic carbocycles. The molecule has 0 bridgehead atoms. The van der Waals surface area contributed by atoms with E-state index in [1.807, 2.05) is 19.2 Å². The van der Waals surface area contributed by atoms with Crippen LogP contribution in [0.2, 0.25) is 0 Å². The van der Waals surface area contributed by atoms with E-state index < -0.39 is 5.60 Å². The molecule has 0 amide bonds. The number of hydrogen-bond acceptors (Lipinski definition) is 4. The van der Waals surface area contributed by atoms with E-state index in [1.54, 1.807) is 6.20 Å². The summed E-state index contributed by atoms with van der Waals surface area (Å²) < 4.78 is 0. The summed E-state index contributed by atoms with van der Waals surface area (Å²) in [5.74, 6) is 0.763. The van der Waals surface area contributed by atoms with Gasteiger partial charge in [-0.3, -0.25) is 0 Å². The molecule has 0 radical (unpaired) electrons. The maximum atomic E-state index is 10.3. The van der Waals surface area contributed by atoms with Crippen molar-refractivity contribution >= 4 is 5.82 Å². The zero-order chi connectivity index (χ0) is 10.0. The highest BCUT2D eigenvalue weighted by molar-refractivity contribution is 5.47. The minimum atomic E-state index is -0.757. The SMILES string of the molecule is CNc1ncccc1C1(O)CCNC1. The Labute approximate surface area is 83.4 Å². The number of pyridine rings is 1. The maximum Gasteiger partial charge on any atom is 0.131 e. The molecule has 1 aromatic rings. The van der Waals surface area contributed by atoms with Crippen molar-refractivity contribution in [2.75, 3.05) is 25.5 Å². The maximum absolute atomic E-state index is 10.3. The minimum absolute atomic E-state index is 0.605. The van der Waals surface area contributed by atoms with Crippen LogP contribution in [0.15, 0.2) is 18.3 Å². The number of nitrogens with one attached hydrogen (secondary N) is 2. The van der Waals surface area contributed by atoms with Crippen LogP contribution in [-0.4, -0.2) is 30.2 Å². The van der Waals surface area contributed by atoms with Gasteiger partial charge in [-0.05, 0) is 19.0 Å². The normalized spacial score (nSPS) is 26.4. The lowest BCUT2D eigenvalue weighted by molar-refractivity contribution is 0.0592. The lowest BCUT2D eigenvalue weighted by Crippen LogP contribution is -2.29. The molecule has 2 heterocycles. The Hall–Kier alpha value is -1.13. The zero-order valence-corrected chi connectivity index (χ0v) is 8.25. The summed E-state index contributed by atoms with van der Waals surface area (Å²) in [6.07, 6.45) is 2.47. The van der Waals surface area contributed by atoms with Crippen LogP contribution in [0, 0.1) is 0 Å². The molecule has 14 heavy (non-hydrogen) atoms. The van der Waals surface area contributed by atoms with E-state index >= 15 is 0 Å². The van der Waals surface area contributed by atoms with Gasteiger partial charge in [-0.25, -0.2) is 4.98 Å². The lowest BCUT2D eigenvalue weighted by Gasteiger charge is -2.23. The van der Waals surface area contributed by atoms with Crippen LogP contribution in [0.5, 0.6) is 0 Å². The van der Waals surface area contributed by atoms with Crippen molar-refractivity contribution in [3.63, 3.8) is 0 Å². The highest BCUT2D eigenvalue weighted by atomic mass is 16.3. The number of aliphatic hydroxyl groups is 1. The predicted molar refractivity (Wildman–Crippen MR) is 55.2 cm³/mol. The summed E-state index contributed by atoms with van der Waals surface area (Å²) >= 11 is 0. The van der Waals surface area contributed by atoms with Crippen molar-refractivity contribution < 1.29 is 5.11 Å². The minimum Gasteiger partial charge on any atom is -0.384 e. The second-order valence-electron chi connectivity index (χ2n) is 3.61. The van der Waals surface area contributed by atoms with Crippen LogP contribution in [-0.2, 0) is 5.60 Å². The third kappa shape index (κ3) is 1.47. The molecule has 2 rings (SSSR count). The number of rotatable bonds is 2. The molecule has 1 atom stereocenters. The molecule has 1 aliphatic heterocycles. The molecule has 1 fully saturated rings. The summed E-state index contributed by atoms with van der Waals surface area (Å²) in [5.41, 5.74) is 0.125. The van der Waals surface area contributed by atoms with Gasteiger partial charge >= 0.3 is 0 Å². The van der Waals surface area contributed by atoms with Crippen molar-refractivity contribution in [3.05, 3.63) is 23.9 Å². The molecule has 0 aromatic carbocycles. The van der Waals surface area contributed by atoms with Crippen molar-refractivity contribution in [1.82, 2.24) is 10.3 Å². The van der Waals surface area contributed by atoms with E-state index in [4.69, 9.17) is 0 Å². The fraction of sp³-hybridized carbons (Fsp3) is 0.500. The number of hydrogen-bond donors (Lipinski definition) is 3. The molecule has 3 N–H and O–H groups in total. The average molecular weight is 193 g/mol. The number of β-amino-alcohol motifs (C(OH)–C–C–N with tert-alkyl or cyclic N) is 1. The van der Waals surface area contributed by atoms with Crippen molar-refractivity contribution in [2.24, 2.45) is 0 Å². The number of nitrogens with zero attached hydrogens (tertiary/aromatic N) is 1. The topological polar surface area (TPSA) is 57.2 Å². The van der Waals surface area contributed by atoms with Crippen molar-refractivity contribution in [1.29, 1.82) is 0 Å². The van der Waals surface area contributed by atoms with E-state index in [0.717, 1.165) is 24.3 Å². The van der Waals surface area contributed by atoms with Gasteiger partial charge in [0.1, 0.15) is 11.4 Å². The van der Waals surface area contributed by atoms with Gasteiger partial charge in [0.15, 0.2) is 0 Å². The molecule has 0 saturated carbocycles. The molecular formula is C10H15N3O. The van der Waals surface area contributed by atoms with E-state index in [0.29, 0.717) is 6.54 Å². The molecule has 4 heteroatoms. The van der Waals surface area contributed by atoms with E-state index in [-0.39, 0.29) is 0 Å². The Bertz CT molecular complexity index is 321. The fourth-order valence-corrected chi connectivity index (χ4v) is 1.89. The van der Waals surface area contributed by atoms with Crippen LogP contribution in [0.1, 0.15) is 12.0 Å². The Balaban J connectivity index is 2.39. The molecule has 4 nitrogen and oxygen atoms in total. The first-order chi connectivity index (χ1) is 6.76. The third-order valence-corrected chi connectivity index (χ3v) is 2.68. The number of anilines is 1. The molecular weight excluding hydrogens is 178 g/mol. The predicted octanol–water partition coefficient (Wildman–Crippen LogP) is 0.304.